The molecule has 1 saturated heterocycles. The summed E-state index contributed by atoms with van der Waals surface area (Å²) in [6.07, 6.45) is 0.866. The molecule has 18 heavy (non-hydrogen) atoms. The maximum absolute atomic E-state index is 12.0. The predicted octanol–water partition coefficient (Wildman–Crippen LogP) is 0.171. The normalized spacial score (nSPS) is 18.4. The van der Waals surface area contributed by atoms with Gasteiger partial charge >= 0.3 is 0 Å². The molecule has 1 unspecified atom stereocenters. The maximum Gasteiger partial charge on any atom is 0.238 e. The van der Waals surface area contributed by atoms with Crippen molar-refractivity contribution in [2.75, 3.05) is 25.4 Å². The summed E-state index contributed by atoms with van der Waals surface area (Å²) >= 11 is 0. The van der Waals surface area contributed by atoms with E-state index in [1.54, 1.807) is 0 Å². The van der Waals surface area contributed by atoms with Crippen molar-refractivity contribution >= 4 is 15.7 Å². The Balaban J connectivity index is 2.40. The third-order valence-electron chi connectivity index (χ3n) is 3.26. The molecule has 0 bridgehead atoms. The summed E-state index contributed by atoms with van der Waals surface area (Å²) in [7, 11) is -3.32. The van der Waals surface area contributed by atoms with E-state index in [0.29, 0.717) is 12.5 Å². The van der Waals surface area contributed by atoms with E-state index in [2.05, 4.69) is 24.5 Å². The summed E-state index contributed by atoms with van der Waals surface area (Å²) in [6, 6.07) is 0. The maximum atomic E-state index is 12.0. The van der Waals surface area contributed by atoms with Crippen LogP contribution in [0.5, 0.6) is 0 Å². The molecule has 5 nitrogen and oxygen atoms in total. The highest BCUT2D eigenvalue weighted by Crippen LogP contribution is 2.12. The summed E-state index contributed by atoms with van der Waals surface area (Å²) in [5.41, 5.74) is 0. The number of nitrogens with one attached hydrogen (secondary N) is 2. The second-order valence-corrected chi connectivity index (χ2v) is 7.84. The first-order valence-corrected chi connectivity index (χ1v) is 8.24. The Labute approximate surface area is 110 Å². The topological polar surface area (TPSA) is 75.3 Å². The molecular formula is C12H24N2O3S. The minimum atomic E-state index is -3.32. The monoisotopic (exact) mass is 276 g/mol. The van der Waals surface area contributed by atoms with E-state index in [9.17, 15) is 13.2 Å². The van der Waals surface area contributed by atoms with Gasteiger partial charge in [-0.05, 0) is 25.2 Å². The lowest BCUT2D eigenvalue weighted by atomic mass is 10.1. The zero-order valence-electron chi connectivity index (χ0n) is 11.4. The van der Waals surface area contributed by atoms with Crippen LogP contribution in [-0.2, 0) is 14.6 Å². The van der Waals surface area contributed by atoms with Gasteiger partial charge in [0.1, 0.15) is 5.25 Å². The molecule has 1 atom stereocenters. The number of rotatable bonds is 7. The van der Waals surface area contributed by atoms with Crippen molar-refractivity contribution in [2.24, 2.45) is 11.8 Å². The second kappa shape index (κ2) is 6.52. The Morgan fingerprint density at radius 1 is 1.33 bits per heavy atom. The highest BCUT2D eigenvalue weighted by molar-refractivity contribution is 7.92. The van der Waals surface area contributed by atoms with Gasteiger partial charge in [-0.15, -0.1) is 0 Å². The number of carbonyl (C=O) groups is 1. The molecule has 1 aliphatic rings. The zero-order chi connectivity index (χ0) is 13.8. The van der Waals surface area contributed by atoms with E-state index in [1.165, 1.54) is 6.92 Å². The van der Waals surface area contributed by atoms with E-state index in [-0.39, 0.29) is 17.6 Å². The lowest BCUT2D eigenvalue weighted by Crippen LogP contribution is -2.48. The molecule has 0 aromatic carbocycles. The minimum absolute atomic E-state index is 0.110. The Hall–Kier alpha value is -0.620. The minimum Gasteiger partial charge on any atom is -0.355 e. The van der Waals surface area contributed by atoms with Gasteiger partial charge in [-0.1, -0.05) is 13.8 Å². The van der Waals surface area contributed by atoms with Crippen molar-refractivity contribution in [3.63, 3.8) is 0 Å². The molecule has 1 fully saturated rings. The summed E-state index contributed by atoms with van der Waals surface area (Å²) < 4.78 is 24.0. The molecule has 2 N–H and O–H groups in total. The van der Waals surface area contributed by atoms with Crippen LogP contribution in [0.25, 0.3) is 0 Å². The lowest BCUT2D eigenvalue weighted by molar-refractivity contribution is -0.120. The Morgan fingerprint density at radius 2 is 1.94 bits per heavy atom. The highest BCUT2D eigenvalue weighted by Gasteiger charge is 2.32. The van der Waals surface area contributed by atoms with Crippen LogP contribution < -0.4 is 10.6 Å². The molecule has 106 valence electrons. The number of hydrogen-bond acceptors (Lipinski definition) is 4. The zero-order valence-corrected chi connectivity index (χ0v) is 12.2. The standard InChI is InChI=1S/C12H24N2O3S/c1-9(2)4-5-14-12(15)10(3)18(16,17)8-11-6-13-7-11/h9-11,13H,4-8H2,1-3H3,(H,14,15). The molecule has 0 aliphatic carbocycles. The first-order chi connectivity index (χ1) is 8.33. The van der Waals surface area contributed by atoms with Gasteiger partial charge in [-0.25, -0.2) is 8.42 Å². The first-order valence-electron chi connectivity index (χ1n) is 6.53. The molecule has 0 aromatic heterocycles. The van der Waals surface area contributed by atoms with E-state index >= 15 is 0 Å². The number of hydrogen-bond donors (Lipinski definition) is 2. The Bertz CT molecular complexity index is 375. The molecule has 6 heteroatoms. The fourth-order valence-electron chi connectivity index (χ4n) is 1.73. The third kappa shape index (κ3) is 4.57. The quantitative estimate of drug-likeness (QED) is 0.695. The van der Waals surface area contributed by atoms with Crippen LogP contribution in [0.3, 0.4) is 0 Å². The van der Waals surface area contributed by atoms with Crippen molar-refractivity contribution in [1.29, 1.82) is 0 Å². The lowest BCUT2D eigenvalue weighted by Gasteiger charge is -2.27. The van der Waals surface area contributed by atoms with Gasteiger partial charge in [0.2, 0.25) is 5.91 Å². The molecule has 1 amide bonds. The Morgan fingerprint density at radius 3 is 2.39 bits per heavy atom. The van der Waals surface area contributed by atoms with E-state index in [4.69, 9.17) is 0 Å². The summed E-state index contributed by atoms with van der Waals surface area (Å²) in [4.78, 5) is 11.8. The highest BCUT2D eigenvalue weighted by atomic mass is 32.2. The van der Waals surface area contributed by atoms with Crippen molar-refractivity contribution in [3.8, 4) is 0 Å². The van der Waals surface area contributed by atoms with Crippen LogP contribution in [0.2, 0.25) is 0 Å². The summed E-state index contributed by atoms with van der Waals surface area (Å²) in [5, 5.41) is 4.79. The summed E-state index contributed by atoms with van der Waals surface area (Å²) in [6.45, 7) is 7.63. The average Bonchev–Trinajstić information content (AvgIpc) is 2.22. The fraction of sp³-hybridized carbons (Fsp3) is 0.917. The SMILES string of the molecule is CC(C)CCNC(=O)C(C)S(=O)(=O)CC1CNC1. The van der Waals surface area contributed by atoms with Crippen LogP contribution in [-0.4, -0.2) is 45.0 Å². The van der Waals surface area contributed by atoms with Crippen molar-refractivity contribution in [1.82, 2.24) is 10.6 Å². The molecule has 0 aromatic rings. The van der Waals surface area contributed by atoms with Crippen LogP contribution in [0.15, 0.2) is 0 Å². The average molecular weight is 276 g/mol. The van der Waals surface area contributed by atoms with Crippen LogP contribution >= 0.6 is 0 Å². The summed E-state index contributed by atoms with van der Waals surface area (Å²) in [5.74, 6) is 0.404. The van der Waals surface area contributed by atoms with Gasteiger partial charge in [-0.3, -0.25) is 4.79 Å². The number of amides is 1. The van der Waals surface area contributed by atoms with Gasteiger partial charge in [-0.2, -0.15) is 0 Å². The van der Waals surface area contributed by atoms with Crippen LogP contribution in [0.4, 0.5) is 0 Å². The molecule has 1 aliphatic heterocycles. The smallest absolute Gasteiger partial charge is 0.238 e. The first kappa shape index (κ1) is 15.4. The van der Waals surface area contributed by atoms with Gasteiger partial charge in [0.15, 0.2) is 9.84 Å². The van der Waals surface area contributed by atoms with E-state index < -0.39 is 15.1 Å². The van der Waals surface area contributed by atoms with Crippen LogP contribution in [0, 0.1) is 11.8 Å². The largest absolute Gasteiger partial charge is 0.355 e. The number of sulfone groups is 1. The molecular weight excluding hydrogens is 252 g/mol. The number of carbonyl (C=O) groups excluding carboxylic acids is 1. The molecule has 0 saturated carbocycles. The Kier molecular flexibility index (Phi) is 5.59. The van der Waals surface area contributed by atoms with Gasteiger partial charge in [0, 0.05) is 19.6 Å². The van der Waals surface area contributed by atoms with Crippen LogP contribution in [0.1, 0.15) is 27.2 Å². The van der Waals surface area contributed by atoms with Gasteiger partial charge in [0.25, 0.3) is 0 Å². The molecule has 1 rings (SSSR count). The second-order valence-electron chi connectivity index (χ2n) is 5.47. The van der Waals surface area contributed by atoms with Crippen molar-refractivity contribution < 1.29 is 13.2 Å². The van der Waals surface area contributed by atoms with Crippen molar-refractivity contribution in [3.05, 3.63) is 0 Å². The van der Waals surface area contributed by atoms with Crippen molar-refractivity contribution in [2.45, 2.75) is 32.4 Å². The fourth-order valence-corrected chi connectivity index (χ4v) is 3.32. The van der Waals surface area contributed by atoms with Gasteiger partial charge < -0.3 is 10.6 Å². The molecule has 1 heterocycles. The van der Waals surface area contributed by atoms with Gasteiger partial charge in [0.05, 0.1) is 5.75 Å². The predicted molar refractivity (Wildman–Crippen MR) is 72.1 cm³/mol. The molecule has 0 spiro atoms. The molecule has 0 radical (unpaired) electrons. The van der Waals surface area contributed by atoms with E-state index in [0.717, 1.165) is 19.5 Å². The van der Waals surface area contributed by atoms with E-state index in [1.807, 2.05) is 0 Å². The third-order valence-corrected chi connectivity index (χ3v) is 5.49.